The average molecular weight is 195 g/mol. The number of benzene rings is 1. The first-order valence-electron chi connectivity index (χ1n) is 4.22. The fraction of sp³-hybridized carbons (Fsp3) is 0.222. The Morgan fingerprint density at radius 1 is 1.57 bits per heavy atom. The highest BCUT2D eigenvalue weighted by Crippen LogP contribution is 2.17. The first-order valence-corrected chi connectivity index (χ1v) is 4.22. The van der Waals surface area contributed by atoms with Crippen LogP contribution in [0.2, 0.25) is 0 Å². The Labute approximate surface area is 82.0 Å². The van der Waals surface area contributed by atoms with Gasteiger partial charge in [0, 0.05) is 11.4 Å². The molecule has 76 valence electrons. The molecular formula is C9H13N3O2. The van der Waals surface area contributed by atoms with Crippen molar-refractivity contribution in [3.8, 4) is 0 Å². The number of hydrazine groups is 1. The van der Waals surface area contributed by atoms with Crippen LogP contribution in [0.5, 0.6) is 0 Å². The lowest BCUT2D eigenvalue weighted by Gasteiger charge is -2.07. The SMILES string of the molecule is CCOC(=O)c1cc(NN)ccc1N. The van der Waals surface area contributed by atoms with Crippen molar-refractivity contribution < 1.29 is 9.53 Å². The smallest absolute Gasteiger partial charge is 0.340 e. The maximum atomic E-state index is 11.4. The molecule has 0 fully saturated rings. The van der Waals surface area contributed by atoms with Gasteiger partial charge < -0.3 is 15.9 Å². The number of carbonyl (C=O) groups is 1. The molecule has 5 heteroatoms. The van der Waals surface area contributed by atoms with Gasteiger partial charge in [-0.2, -0.15) is 0 Å². The molecule has 0 aliphatic carbocycles. The molecule has 0 aliphatic heterocycles. The molecule has 0 bridgehead atoms. The summed E-state index contributed by atoms with van der Waals surface area (Å²) in [6, 6.07) is 4.83. The van der Waals surface area contributed by atoms with Gasteiger partial charge in [-0.25, -0.2) is 4.79 Å². The van der Waals surface area contributed by atoms with Crippen LogP contribution in [-0.2, 0) is 4.74 Å². The van der Waals surface area contributed by atoms with E-state index in [9.17, 15) is 4.79 Å². The third-order valence-corrected chi connectivity index (χ3v) is 1.72. The van der Waals surface area contributed by atoms with Gasteiger partial charge in [0.1, 0.15) is 0 Å². The van der Waals surface area contributed by atoms with E-state index in [0.29, 0.717) is 23.5 Å². The molecule has 0 heterocycles. The van der Waals surface area contributed by atoms with Crippen LogP contribution in [0.25, 0.3) is 0 Å². The third kappa shape index (κ3) is 2.14. The van der Waals surface area contributed by atoms with Crippen LogP contribution in [0.3, 0.4) is 0 Å². The zero-order valence-corrected chi connectivity index (χ0v) is 7.91. The zero-order valence-electron chi connectivity index (χ0n) is 7.91. The van der Waals surface area contributed by atoms with E-state index < -0.39 is 5.97 Å². The Hall–Kier alpha value is -1.75. The number of carbonyl (C=O) groups excluding carboxylic acids is 1. The van der Waals surface area contributed by atoms with Crippen LogP contribution in [0, 0.1) is 0 Å². The van der Waals surface area contributed by atoms with Gasteiger partial charge in [0.05, 0.1) is 12.2 Å². The van der Waals surface area contributed by atoms with Gasteiger partial charge in [-0.3, -0.25) is 5.84 Å². The summed E-state index contributed by atoms with van der Waals surface area (Å²) in [5.74, 6) is 4.76. The summed E-state index contributed by atoms with van der Waals surface area (Å²) in [6.45, 7) is 2.05. The Balaban J connectivity index is 2.99. The van der Waals surface area contributed by atoms with Crippen molar-refractivity contribution in [3.63, 3.8) is 0 Å². The summed E-state index contributed by atoms with van der Waals surface area (Å²) in [6.07, 6.45) is 0. The summed E-state index contributed by atoms with van der Waals surface area (Å²) < 4.78 is 4.82. The van der Waals surface area contributed by atoms with Crippen molar-refractivity contribution >= 4 is 17.3 Å². The summed E-state index contributed by atoms with van der Waals surface area (Å²) in [5.41, 5.74) is 9.35. The van der Waals surface area contributed by atoms with Crippen LogP contribution in [-0.4, -0.2) is 12.6 Å². The number of rotatable bonds is 3. The second-order valence-corrected chi connectivity index (χ2v) is 2.67. The lowest BCUT2D eigenvalue weighted by atomic mass is 10.1. The summed E-state index contributed by atoms with van der Waals surface area (Å²) in [7, 11) is 0. The highest BCUT2D eigenvalue weighted by Gasteiger charge is 2.10. The molecule has 0 saturated carbocycles. The molecule has 0 amide bonds. The minimum Gasteiger partial charge on any atom is -0.462 e. The van der Waals surface area contributed by atoms with E-state index in [0.717, 1.165) is 0 Å². The van der Waals surface area contributed by atoms with Gasteiger partial charge in [0.2, 0.25) is 0 Å². The topological polar surface area (TPSA) is 90.4 Å². The summed E-state index contributed by atoms with van der Waals surface area (Å²) >= 11 is 0. The Bertz CT molecular complexity index is 339. The number of anilines is 2. The van der Waals surface area contributed by atoms with Gasteiger partial charge in [0.15, 0.2) is 0 Å². The van der Waals surface area contributed by atoms with Crippen molar-refractivity contribution in [2.75, 3.05) is 17.8 Å². The largest absolute Gasteiger partial charge is 0.462 e. The van der Waals surface area contributed by atoms with Crippen LogP contribution < -0.4 is 17.0 Å². The van der Waals surface area contributed by atoms with Crippen molar-refractivity contribution in [1.82, 2.24) is 0 Å². The monoisotopic (exact) mass is 195 g/mol. The van der Waals surface area contributed by atoms with Gasteiger partial charge in [-0.1, -0.05) is 0 Å². The number of hydrogen-bond donors (Lipinski definition) is 3. The fourth-order valence-corrected chi connectivity index (χ4v) is 1.03. The van der Waals surface area contributed by atoms with Crippen molar-refractivity contribution in [3.05, 3.63) is 23.8 Å². The second-order valence-electron chi connectivity index (χ2n) is 2.67. The highest BCUT2D eigenvalue weighted by molar-refractivity contribution is 5.96. The molecule has 1 aromatic carbocycles. The van der Waals surface area contributed by atoms with Gasteiger partial charge >= 0.3 is 5.97 Å². The maximum Gasteiger partial charge on any atom is 0.340 e. The van der Waals surface area contributed by atoms with E-state index >= 15 is 0 Å². The van der Waals surface area contributed by atoms with Gasteiger partial charge in [0.25, 0.3) is 0 Å². The van der Waals surface area contributed by atoms with E-state index in [2.05, 4.69) is 5.43 Å². The average Bonchev–Trinajstić information content (AvgIpc) is 2.19. The van der Waals surface area contributed by atoms with Crippen molar-refractivity contribution in [2.24, 2.45) is 5.84 Å². The Morgan fingerprint density at radius 2 is 2.29 bits per heavy atom. The summed E-state index contributed by atoms with van der Waals surface area (Å²) in [4.78, 5) is 11.4. The molecule has 0 saturated heterocycles. The highest BCUT2D eigenvalue weighted by atomic mass is 16.5. The maximum absolute atomic E-state index is 11.4. The number of ether oxygens (including phenoxy) is 1. The van der Waals surface area contributed by atoms with E-state index in [1.807, 2.05) is 0 Å². The molecule has 0 atom stereocenters. The van der Waals surface area contributed by atoms with Gasteiger partial charge in [-0.05, 0) is 25.1 Å². The van der Waals surface area contributed by atoms with Crippen LogP contribution in [0.1, 0.15) is 17.3 Å². The number of nitrogen functional groups attached to an aromatic ring is 2. The van der Waals surface area contributed by atoms with E-state index in [4.69, 9.17) is 16.3 Å². The molecule has 0 spiro atoms. The molecular weight excluding hydrogens is 182 g/mol. The number of hydrogen-bond acceptors (Lipinski definition) is 5. The quantitative estimate of drug-likeness (QED) is 0.286. The van der Waals surface area contributed by atoms with Crippen LogP contribution >= 0.6 is 0 Å². The standard InChI is InChI=1S/C9H13N3O2/c1-2-14-9(13)7-5-6(12-11)3-4-8(7)10/h3-5,12H,2,10-11H2,1H3. The van der Waals surface area contributed by atoms with E-state index in [-0.39, 0.29) is 0 Å². The molecule has 0 unspecified atom stereocenters. The number of nitrogens with one attached hydrogen (secondary N) is 1. The first kappa shape index (κ1) is 10.3. The van der Waals surface area contributed by atoms with Crippen LogP contribution in [0.15, 0.2) is 18.2 Å². The molecule has 0 aliphatic rings. The molecule has 5 N–H and O–H groups in total. The van der Waals surface area contributed by atoms with E-state index in [1.54, 1.807) is 25.1 Å². The molecule has 14 heavy (non-hydrogen) atoms. The van der Waals surface area contributed by atoms with E-state index in [1.165, 1.54) is 0 Å². The number of nitrogens with two attached hydrogens (primary N) is 2. The zero-order chi connectivity index (χ0) is 10.6. The minimum absolute atomic E-state index is 0.318. The molecule has 0 aromatic heterocycles. The molecule has 0 radical (unpaired) electrons. The Morgan fingerprint density at radius 3 is 2.86 bits per heavy atom. The predicted molar refractivity (Wildman–Crippen MR) is 54.6 cm³/mol. The normalized spacial score (nSPS) is 9.57. The van der Waals surface area contributed by atoms with Gasteiger partial charge in [-0.15, -0.1) is 0 Å². The lowest BCUT2D eigenvalue weighted by Crippen LogP contribution is -2.11. The molecule has 5 nitrogen and oxygen atoms in total. The van der Waals surface area contributed by atoms with Crippen molar-refractivity contribution in [1.29, 1.82) is 0 Å². The summed E-state index contributed by atoms with van der Waals surface area (Å²) in [5, 5.41) is 0. The fourth-order valence-electron chi connectivity index (χ4n) is 1.03. The minimum atomic E-state index is -0.443. The van der Waals surface area contributed by atoms with Crippen LogP contribution in [0.4, 0.5) is 11.4 Å². The second kappa shape index (κ2) is 4.48. The first-order chi connectivity index (χ1) is 6.69. The third-order valence-electron chi connectivity index (χ3n) is 1.72. The Kier molecular flexibility index (Phi) is 3.30. The predicted octanol–water partition coefficient (Wildman–Crippen LogP) is 0.731. The lowest BCUT2D eigenvalue weighted by molar-refractivity contribution is 0.0527. The molecule has 1 rings (SSSR count). The number of esters is 1. The van der Waals surface area contributed by atoms with Crippen molar-refractivity contribution in [2.45, 2.75) is 6.92 Å². The molecule has 1 aromatic rings.